The Labute approximate surface area is 121 Å². The Morgan fingerprint density at radius 1 is 1.21 bits per heavy atom. The summed E-state index contributed by atoms with van der Waals surface area (Å²) in [4.78, 5) is 2.11. The molecule has 0 spiro atoms. The van der Waals surface area contributed by atoms with Gasteiger partial charge in [-0.3, -0.25) is 0 Å². The summed E-state index contributed by atoms with van der Waals surface area (Å²) in [6.45, 7) is 3.58. The van der Waals surface area contributed by atoms with E-state index in [1.165, 1.54) is 6.07 Å². The Morgan fingerprint density at radius 3 is 2.63 bits per heavy atom. The Bertz CT molecular complexity index is 572. The molecule has 0 unspecified atom stereocenters. The predicted molar refractivity (Wildman–Crippen MR) is 81.7 cm³/mol. The molecular weight excluding hydrogens is 307 g/mol. The molecule has 100 valence electrons. The number of nitrogen functional groups attached to an aromatic ring is 1. The van der Waals surface area contributed by atoms with E-state index in [-0.39, 0.29) is 5.82 Å². The van der Waals surface area contributed by atoms with Gasteiger partial charge in [-0.1, -0.05) is 12.1 Å². The fourth-order valence-electron chi connectivity index (χ4n) is 1.95. The molecular formula is C15H16BrFN2. The van der Waals surface area contributed by atoms with Crippen molar-refractivity contribution in [1.82, 2.24) is 0 Å². The quantitative estimate of drug-likeness (QED) is 0.855. The summed E-state index contributed by atoms with van der Waals surface area (Å²) < 4.78 is 14.2. The van der Waals surface area contributed by atoms with Crippen LogP contribution in [0.1, 0.15) is 12.5 Å². The fraction of sp³-hybridized carbons (Fsp3) is 0.200. The Balaban J connectivity index is 2.21. The molecule has 0 saturated heterocycles. The second-order valence-corrected chi connectivity index (χ2v) is 5.20. The lowest BCUT2D eigenvalue weighted by Gasteiger charge is -2.23. The number of hydrogen-bond acceptors (Lipinski definition) is 2. The van der Waals surface area contributed by atoms with Gasteiger partial charge in [0.2, 0.25) is 0 Å². The van der Waals surface area contributed by atoms with E-state index in [1.54, 1.807) is 12.1 Å². The van der Waals surface area contributed by atoms with Crippen LogP contribution in [0, 0.1) is 5.82 Å². The highest BCUT2D eigenvalue weighted by Crippen LogP contribution is 2.23. The van der Waals surface area contributed by atoms with Gasteiger partial charge in [0, 0.05) is 28.9 Å². The lowest BCUT2D eigenvalue weighted by molar-refractivity contribution is 0.626. The largest absolute Gasteiger partial charge is 0.398 e. The number of rotatable bonds is 4. The molecule has 19 heavy (non-hydrogen) atoms. The van der Waals surface area contributed by atoms with E-state index < -0.39 is 0 Å². The van der Waals surface area contributed by atoms with Crippen LogP contribution in [-0.4, -0.2) is 6.54 Å². The Morgan fingerprint density at radius 2 is 2.00 bits per heavy atom. The number of halogens is 2. The van der Waals surface area contributed by atoms with Gasteiger partial charge >= 0.3 is 0 Å². The summed E-state index contributed by atoms with van der Waals surface area (Å²) in [7, 11) is 0. The van der Waals surface area contributed by atoms with Crippen molar-refractivity contribution in [2.75, 3.05) is 17.2 Å². The smallest absolute Gasteiger partial charge is 0.125 e. The zero-order valence-corrected chi connectivity index (χ0v) is 12.3. The van der Waals surface area contributed by atoms with Crippen molar-refractivity contribution >= 4 is 27.3 Å². The van der Waals surface area contributed by atoms with Gasteiger partial charge in [-0.2, -0.15) is 0 Å². The van der Waals surface area contributed by atoms with Crippen molar-refractivity contribution in [1.29, 1.82) is 0 Å². The summed E-state index contributed by atoms with van der Waals surface area (Å²) in [5, 5.41) is 0. The number of nitrogens with zero attached hydrogens (tertiary/aromatic N) is 1. The van der Waals surface area contributed by atoms with Gasteiger partial charge < -0.3 is 10.6 Å². The molecule has 0 heterocycles. The van der Waals surface area contributed by atoms with Gasteiger partial charge in [0.25, 0.3) is 0 Å². The van der Waals surface area contributed by atoms with Crippen molar-refractivity contribution < 1.29 is 4.39 Å². The third kappa shape index (κ3) is 3.47. The third-order valence-electron chi connectivity index (χ3n) is 2.99. The van der Waals surface area contributed by atoms with Crippen molar-refractivity contribution in [2.45, 2.75) is 13.5 Å². The molecule has 2 aromatic rings. The topological polar surface area (TPSA) is 29.3 Å². The van der Waals surface area contributed by atoms with Crippen LogP contribution in [0.2, 0.25) is 0 Å². The standard InChI is InChI=1S/C15H16BrFN2/c1-2-19(13-5-3-4-12(17)9-13)10-11-6-7-15(18)14(16)8-11/h3-9H,2,10,18H2,1H3. The molecule has 2 N–H and O–H groups in total. The maximum Gasteiger partial charge on any atom is 0.125 e. The first kappa shape index (κ1) is 13.9. The van der Waals surface area contributed by atoms with Crippen molar-refractivity contribution in [3.63, 3.8) is 0 Å². The normalized spacial score (nSPS) is 10.5. The van der Waals surface area contributed by atoms with Gasteiger partial charge in [0.15, 0.2) is 0 Å². The highest BCUT2D eigenvalue weighted by Gasteiger charge is 2.07. The molecule has 4 heteroatoms. The minimum absolute atomic E-state index is 0.213. The van der Waals surface area contributed by atoms with Gasteiger partial charge in [0.1, 0.15) is 5.82 Å². The SMILES string of the molecule is CCN(Cc1ccc(N)c(Br)c1)c1cccc(F)c1. The molecule has 0 saturated carbocycles. The monoisotopic (exact) mass is 322 g/mol. The summed E-state index contributed by atoms with van der Waals surface area (Å²) in [6, 6.07) is 12.5. The highest BCUT2D eigenvalue weighted by atomic mass is 79.9. The van der Waals surface area contributed by atoms with E-state index in [0.29, 0.717) is 0 Å². The second-order valence-electron chi connectivity index (χ2n) is 4.35. The predicted octanol–water partition coefficient (Wildman–Crippen LogP) is 4.20. The lowest BCUT2D eigenvalue weighted by Crippen LogP contribution is -2.22. The summed E-state index contributed by atoms with van der Waals surface area (Å²) in [5.41, 5.74) is 8.51. The average Bonchev–Trinajstić information content (AvgIpc) is 2.40. The van der Waals surface area contributed by atoms with Gasteiger partial charge in [-0.05, 0) is 58.7 Å². The molecule has 0 aliphatic rings. The maximum atomic E-state index is 13.3. The van der Waals surface area contributed by atoms with Crippen molar-refractivity contribution in [3.05, 3.63) is 58.3 Å². The van der Waals surface area contributed by atoms with Gasteiger partial charge in [0.05, 0.1) is 0 Å². The van der Waals surface area contributed by atoms with E-state index in [0.717, 1.165) is 34.5 Å². The maximum absolute atomic E-state index is 13.3. The number of nitrogens with two attached hydrogens (primary N) is 1. The Hall–Kier alpha value is -1.55. The number of benzene rings is 2. The van der Waals surface area contributed by atoms with Crippen LogP contribution in [0.3, 0.4) is 0 Å². The van der Waals surface area contributed by atoms with E-state index in [1.807, 2.05) is 24.3 Å². The first-order valence-electron chi connectivity index (χ1n) is 6.14. The van der Waals surface area contributed by atoms with Gasteiger partial charge in [-0.15, -0.1) is 0 Å². The minimum atomic E-state index is -0.213. The first-order valence-corrected chi connectivity index (χ1v) is 6.94. The van der Waals surface area contributed by atoms with Crippen LogP contribution in [0.25, 0.3) is 0 Å². The molecule has 0 atom stereocenters. The molecule has 0 radical (unpaired) electrons. The zero-order chi connectivity index (χ0) is 13.8. The Kier molecular flexibility index (Phi) is 4.43. The zero-order valence-electron chi connectivity index (χ0n) is 10.7. The molecule has 2 nitrogen and oxygen atoms in total. The van der Waals surface area contributed by atoms with Gasteiger partial charge in [-0.25, -0.2) is 4.39 Å². The van der Waals surface area contributed by atoms with Crippen molar-refractivity contribution in [3.8, 4) is 0 Å². The molecule has 0 aliphatic carbocycles. The molecule has 0 aliphatic heterocycles. The third-order valence-corrected chi connectivity index (χ3v) is 3.68. The average molecular weight is 323 g/mol. The summed E-state index contributed by atoms with van der Waals surface area (Å²) in [6.07, 6.45) is 0. The molecule has 2 aromatic carbocycles. The highest BCUT2D eigenvalue weighted by molar-refractivity contribution is 9.10. The first-order chi connectivity index (χ1) is 9.10. The summed E-state index contributed by atoms with van der Waals surface area (Å²) >= 11 is 3.42. The second kappa shape index (κ2) is 6.06. The van der Waals surface area contributed by atoms with Crippen LogP contribution < -0.4 is 10.6 Å². The van der Waals surface area contributed by atoms with Crippen molar-refractivity contribution in [2.24, 2.45) is 0 Å². The molecule has 0 bridgehead atoms. The number of hydrogen-bond donors (Lipinski definition) is 1. The number of anilines is 2. The van der Waals surface area contributed by atoms with E-state index >= 15 is 0 Å². The van der Waals surface area contributed by atoms with E-state index in [4.69, 9.17) is 5.73 Å². The fourth-order valence-corrected chi connectivity index (χ4v) is 2.37. The molecule has 0 aromatic heterocycles. The molecule has 0 amide bonds. The van der Waals surface area contributed by atoms with Crippen LogP contribution in [0.5, 0.6) is 0 Å². The van der Waals surface area contributed by atoms with E-state index in [2.05, 4.69) is 27.8 Å². The lowest BCUT2D eigenvalue weighted by atomic mass is 10.2. The van der Waals surface area contributed by atoms with Crippen LogP contribution >= 0.6 is 15.9 Å². The minimum Gasteiger partial charge on any atom is -0.398 e. The van der Waals surface area contributed by atoms with E-state index in [9.17, 15) is 4.39 Å². The summed E-state index contributed by atoms with van der Waals surface area (Å²) in [5.74, 6) is -0.213. The van der Waals surface area contributed by atoms with Crippen LogP contribution in [0.4, 0.5) is 15.8 Å². The molecule has 0 fully saturated rings. The van der Waals surface area contributed by atoms with Crippen LogP contribution in [0.15, 0.2) is 46.9 Å². The molecule has 2 rings (SSSR count). The van der Waals surface area contributed by atoms with Crippen LogP contribution in [-0.2, 0) is 6.54 Å².